The first-order chi connectivity index (χ1) is 9.28. The third kappa shape index (κ3) is 6.45. The molecule has 1 atom stereocenters. The Hall–Kier alpha value is -1.71. The smallest absolute Gasteiger partial charge is 0.344 e. The second kappa shape index (κ2) is 7.17. The molecule has 0 spiro atoms. The van der Waals surface area contributed by atoms with Crippen LogP contribution in [0.1, 0.15) is 34.1 Å². The Morgan fingerprint density at radius 1 is 1.30 bits per heavy atom. The highest BCUT2D eigenvalue weighted by molar-refractivity contribution is 5.71. The number of hydrogen-bond acceptors (Lipinski definition) is 4. The zero-order valence-corrected chi connectivity index (χ0v) is 12.7. The van der Waals surface area contributed by atoms with Gasteiger partial charge in [-0.05, 0) is 29.9 Å². The van der Waals surface area contributed by atoms with Gasteiger partial charge in [0.05, 0.1) is 6.61 Å². The Balaban J connectivity index is 2.29. The number of phenolic OH excluding ortho intramolecular Hbond substituents is 1. The maximum Gasteiger partial charge on any atom is 0.344 e. The van der Waals surface area contributed by atoms with Crippen molar-refractivity contribution in [3.8, 4) is 11.5 Å². The zero-order chi connectivity index (χ0) is 15.2. The van der Waals surface area contributed by atoms with Crippen LogP contribution in [0.2, 0.25) is 0 Å². The largest absolute Gasteiger partial charge is 0.504 e. The van der Waals surface area contributed by atoms with Crippen molar-refractivity contribution < 1.29 is 19.4 Å². The van der Waals surface area contributed by atoms with Crippen molar-refractivity contribution >= 4 is 5.97 Å². The Bertz CT molecular complexity index is 434. The van der Waals surface area contributed by atoms with Gasteiger partial charge in [-0.1, -0.05) is 39.8 Å². The molecule has 1 aromatic carbocycles. The fraction of sp³-hybridized carbons (Fsp3) is 0.562. The lowest BCUT2D eigenvalue weighted by molar-refractivity contribution is -0.147. The molecule has 0 bridgehead atoms. The van der Waals surface area contributed by atoms with E-state index in [0.29, 0.717) is 12.5 Å². The van der Waals surface area contributed by atoms with Crippen LogP contribution in [0.25, 0.3) is 0 Å². The summed E-state index contributed by atoms with van der Waals surface area (Å²) in [5, 5.41) is 9.49. The number of aromatic hydroxyl groups is 1. The highest BCUT2D eigenvalue weighted by Gasteiger charge is 2.17. The molecular formula is C16H24O4. The quantitative estimate of drug-likeness (QED) is 0.812. The van der Waals surface area contributed by atoms with E-state index in [1.54, 1.807) is 18.2 Å². The normalized spacial score (nSPS) is 12.8. The summed E-state index contributed by atoms with van der Waals surface area (Å²) in [6.45, 7) is 8.73. The van der Waals surface area contributed by atoms with E-state index in [9.17, 15) is 9.90 Å². The number of phenols is 1. The fourth-order valence-corrected chi connectivity index (χ4v) is 2.10. The standard InChI is InChI=1S/C16H24O4/c1-12(9-16(2,3)4)10-20-15(18)11-19-14-8-6-5-7-13(14)17/h5-8,12,17H,9-11H2,1-4H3. The van der Waals surface area contributed by atoms with Gasteiger partial charge in [0.2, 0.25) is 0 Å². The molecule has 0 saturated heterocycles. The zero-order valence-electron chi connectivity index (χ0n) is 12.7. The minimum atomic E-state index is -0.422. The molecule has 0 amide bonds. The highest BCUT2D eigenvalue weighted by Crippen LogP contribution is 2.25. The van der Waals surface area contributed by atoms with Gasteiger partial charge in [-0.25, -0.2) is 4.79 Å². The molecule has 0 saturated carbocycles. The Morgan fingerprint density at radius 2 is 1.95 bits per heavy atom. The molecule has 1 aromatic rings. The van der Waals surface area contributed by atoms with Crippen LogP contribution in [-0.2, 0) is 9.53 Å². The van der Waals surface area contributed by atoms with Crippen LogP contribution in [0.4, 0.5) is 0 Å². The van der Waals surface area contributed by atoms with Crippen LogP contribution < -0.4 is 4.74 Å². The van der Waals surface area contributed by atoms with Gasteiger partial charge in [-0.2, -0.15) is 0 Å². The van der Waals surface area contributed by atoms with Crippen molar-refractivity contribution in [1.29, 1.82) is 0 Å². The predicted molar refractivity (Wildman–Crippen MR) is 77.8 cm³/mol. The van der Waals surface area contributed by atoms with E-state index in [2.05, 4.69) is 27.7 Å². The molecule has 1 N–H and O–H groups in total. The number of esters is 1. The number of hydrogen-bond donors (Lipinski definition) is 1. The lowest BCUT2D eigenvalue weighted by atomic mass is 9.86. The SMILES string of the molecule is CC(COC(=O)COc1ccccc1O)CC(C)(C)C. The molecule has 0 heterocycles. The second-order valence-corrected chi connectivity index (χ2v) is 6.31. The molecule has 4 heteroatoms. The number of carbonyl (C=O) groups is 1. The van der Waals surface area contributed by atoms with E-state index < -0.39 is 5.97 Å². The van der Waals surface area contributed by atoms with Crippen molar-refractivity contribution in [3.05, 3.63) is 24.3 Å². The van der Waals surface area contributed by atoms with Crippen LogP contribution in [0.5, 0.6) is 11.5 Å². The number of ether oxygens (including phenoxy) is 2. The van der Waals surface area contributed by atoms with Crippen LogP contribution in [-0.4, -0.2) is 24.3 Å². The molecule has 0 fully saturated rings. The topological polar surface area (TPSA) is 55.8 Å². The van der Waals surface area contributed by atoms with Crippen molar-refractivity contribution in [2.75, 3.05) is 13.2 Å². The molecule has 20 heavy (non-hydrogen) atoms. The summed E-state index contributed by atoms with van der Waals surface area (Å²) >= 11 is 0. The maximum absolute atomic E-state index is 11.6. The van der Waals surface area contributed by atoms with Crippen LogP contribution in [0.15, 0.2) is 24.3 Å². The van der Waals surface area contributed by atoms with E-state index in [1.807, 2.05) is 0 Å². The minimum absolute atomic E-state index is 0.0152. The molecule has 1 unspecified atom stereocenters. The lowest BCUT2D eigenvalue weighted by Gasteiger charge is -2.22. The maximum atomic E-state index is 11.6. The monoisotopic (exact) mass is 280 g/mol. The van der Waals surface area contributed by atoms with E-state index in [1.165, 1.54) is 6.07 Å². The van der Waals surface area contributed by atoms with E-state index in [-0.39, 0.29) is 23.5 Å². The molecule has 0 radical (unpaired) electrons. The molecule has 0 aliphatic heterocycles. The number of rotatable bonds is 6. The summed E-state index contributed by atoms with van der Waals surface area (Å²) in [5.74, 6) is 0.187. The van der Waals surface area contributed by atoms with Crippen LogP contribution in [0, 0.1) is 11.3 Å². The Kier molecular flexibility index (Phi) is 5.86. The summed E-state index contributed by atoms with van der Waals surface area (Å²) in [6.07, 6.45) is 0.987. The summed E-state index contributed by atoms with van der Waals surface area (Å²) in [4.78, 5) is 11.6. The van der Waals surface area contributed by atoms with Gasteiger partial charge in [0.25, 0.3) is 0 Å². The first-order valence-corrected chi connectivity index (χ1v) is 6.84. The molecule has 0 aliphatic rings. The van der Waals surface area contributed by atoms with Crippen LogP contribution in [0.3, 0.4) is 0 Å². The van der Waals surface area contributed by atoms with Gasteiger partial charge in [0, 0.05) is 0 Å². The van der Waals surface area contributed by atoms with Gasteiger partial charge in [0.1, 0.15) is 0 Å². The number of carbonyl (C=O) groups excluding carboxylic acids is 1. The minimum Gasteiger partial charge on any atom is -0.504 e. The number of para-hydroxylation sites is 2. The van der Waals surface area contributed by atoms with Gasteiger partial charge in [-0.15, -0.1) is 0 Å². The van der Waals surface area contributed by atoms with E-state index in [4.69, 9.17) is 9.47 Å². The van der Waals surface area contributed by atoms with Crippen LogP contribution >= 0.6 is 0 Å². The third-order valence-corrected chi connectivity index (χ3v) is 2.70. The molecule has 1 rings (SSSR count). The fourth-order valence-electron chi connectivity index (χ4n) is 2.10. The van der Waals surface area contributed by atoms with Crippen molar-refractivity contribution in [1.82, 2.24) is 0 Å². The molecular weight excluding hydrogens is 256 g/mol. The molecule has 0 aliphatic carbocycles. The number of benzene rings is 1. The molecule has 4 nitrogen and oxygen atoms in total. The average Bonchev–Trinajstić information content (AvgIpc) is 2.33. The van der Waals surface area contributed by atoms with Crippen molar-refractivity contribution in [2.45, 2.75) is 34.1 Å². The molecule has 112 valence electrons. The highest BCUT2D eigenvalue weighted by atomic mass is 16.6. The van der Waals surface area contributed by atoms with Crippen molar-refractivity contribution in [2.24, 2.45) is 11.3 Å². The first kappa shape index (κ1) is 16.3. The van der Waals surface area contributed by atoms with Gasteiger partial charge in [0.15, 0.2) is 18.1 Å². The van der Waals surface area contributed by atoms with Crippen molar-refractivity contribution in [3.63, 3.8) is 0 Å². The van der Waals surface area contributed by atoms with Gasteiger partial charge < -0.3 is 14.6 Å². The summed E-state index contributed by atoms with van der Waals surface area (Å²) in [6, 6.07) is 6.53. The average molecular weight is 280 g/mol. The molecule has 0 aromatic heterocycles. The summed E-state index contributed by atoms with van der Waals surface area (Å²) in [5.41, 5.74) is 0.220. The van der Waals surface area contributed by atoms with E-state index >= 15 is 0 Å². The second-order valence-electron chi connectivity index (χ2n) is 6.31. The summed E-state index contributed by atoms with van der Waals surface area (Å²) < 4.78 is 10.4. The summed E-state index contributed by atoms with van der Waals surface area (Å²) in [7, 11) is 0. The van der Waals surface area contributed by atoms with E-state index in [0.717, 1.165) is 6.42 Å². The lowest BCUT2D eigenvalue weighted by Crippen LogP contribution is -2.21. The Labute approximate surface area is 120 Å². The first-order valence-electron chi connectivity index (χ1n) is 6.84. The van der Waals surface area contributed by atoms with Gasteiger partial charge in [-0.3, -0.25) is 0 Å². The predicted octanol–water partition coefficient (Wildman–Crippen LogP) is 3.39. The Morgan fingerprint density at radius 3 is 2.55 bits per heavy atom. The third-order valence-electron chi connectivity index (χ3n) is 2.70. The van der Waals surface area contributed by atoms with Gasteiger partial charge >= 0.3 is 5.97 Å².